The molecule has 21 heavy (non-hydrogen) atoms. The molecule has 2 rings (SSSR count). The number of anilines is 1. The second-order valence-corrected chi connectivity index (χ2v) is 6.87. The summed E-state index contributed by atoms with van der Waals surface area (Å²) in [4.78, 5) is 6.48. The number of nitrogen functional groups attached to an aromatic ring is 1. The van der Waals surface area contributed by atoms with Crippen LogP contribution in [0.2, 0.25) is 0 Å². The highest BCUT2D eigenvalue weighted by atomic mass is 79.9. The Morgan fingerprint density at radius 3 is 2.81 bits per heavy atom. The van der Waals surface area contributed by atoms with Gasteiger partial charge in [0, 0.05) is 16.9 Å². The number of ether oxygens (including phenoxy) is 1. The summed E-state index contributed by atoms with van der Waals surface area (Å²) in [6.45, 7) is 3.72. The van der Waals surface area contributed by atoms with Crippen molar-refractivity contribution in [1.29, 1.82) is 0 Å². The van der Waals surface area contributed by atoms with E-state index in [2.05, 4.69) is 31.7 Å². The van der Waals surface area contributed by atoms with E-state index in [9.17, 15) is 0 Å². The van der Waals surface area contributed by atoms with Crippen LogP contribution < -0.4 is 10.5 Å². The maximum absolute atomic E-state index is 6.09. The van der Waals surface area contributed by atoms with Crippen LogP contribution in [0.5, 0.6) is 5.75 Å². The van der Waals surface area contributed by atoms with Crippen molar-refractivity contribution in [2.24, 2.45) is 5.92 Å². The first-order chi connectivity index (χ1) is 9.95. The van der Waals surface area contributed by atoms with Gasteiger partial charge in [0.2, 0.25) is 0 Å². The van der Waals surface area contributed by atoms with Gasteiger partial charge in [0.1, 0.15) is 11.9 Å². The number of halogens is 1. The number of nitrogens with two attached hydrogens (primary N) is 1. The van der Waals surface area contributed by atoms with Crippen LogP contribution in [0.1, 0.15) is 25.3 Å². The van der Waals surface area contributed by atoms with E-state index in [4.69, 9.17) is 10.5 Å². The molecule has 1 aromatic carbocycles. The Labute approximate surface area is 135 Å². The smallest absolute Gasteiger partial charge is 0.317 e. The summed E-state index contributed by atoms with van der Waals surface area (Å²) in [6, 6.07) is 6.87. The molecule has 2 N–H and O–H groups in total. The zero-order valence-corrected chi connectivity index (χ0v) is 14.5. The molecule has 0 radical (unpaired) electrons. The Balaban J connectivity index is 2.17. The van der Waals surface area contributed by atoms with Crippen molar-refractivity contribution in [3.63, 3.8) is 0 Å². The lowest BCUT2D eigenvalue weighted by Gasteiger charge is -2.19. The van der Waals surface area contributed by atoms with Crippen LogP contribution in [-0.4, -0.2) is 38.2 Å². The highest BCUT2D eigenvalue weighted by Crippen LogP contribution is 2.31. The Hall–Kier alpha value is -1.25. The molecule has 1 fully saturated rings. The second-order valence-electron chi connectivity index (χ2n) is 5.95. The topological polar surface area (TPSA) is 42.9 Å². The van der Waals surface area contributed by atoms with E-state index < -0.39 is 0 Å². The molecule has 1 atom stereocenters. The third-order valence-electron chi connectivity index (χ3n) is 3.29. The molecule has 0 aliphatic heterocycles. The van der Waals surface area contributed by atoms with Gasteiger partial charge in [0.15, 0.2) is 5.56 Å². The van der Waals surface area contributed by atoms with Crippen molar-refractivity contribution in [3.05, 3.63) is 27.0 Å². The van der Waals surface area contributed by atoms with E-state index in [1.807, 2.05) is 33.2 Å². The summed E-state index contributed by atoms with van der Waals surface area (Å²) in [5, 5.41) is 0. The fourth-order valence-corrected chi connectivity index (χ4v) is 2.59. The quantitative estimate of drug-likeness (QED) is 0.825. The number of likely N-dealkylation sites (N-methyl/N-ethyl adjacent to an activating group) is 1. The lowest BCUT2D eigenvalue weighted by Crippen LogP contribution is -2.28. The lowest BCUT2D eigenvalue weighted by molar-refractivity contribution is 0.176. The maximum Gasteiger partial charge on any atom is 0.317 e. The minimum atomic E-state index is 0.0673. The summed E-state index contributed by atoms with van der Waals surface area (Å²) < 4.78 is 6.92. The highest BCUT2D eigenvalue weighted by molar-refractivity contribution is 9.10. The monoisotopic (exact) mass is 352 g/mol. The van der Waals surface area contributed by atoms with Crippen LogP contribution in [0.15, 0.2) is 16.6 Å². The molecule has 1 aliphatic rings. The molecule has 0 unspecified atom stereocenters. The van der Waals surface area contributed by atoms with Gasteiger partial charge in [-0.15, -0.1) is 0 Å². The molecule has 0 bridgehead atoms. The third-order valence-corrected chi connectivity index (χ3v) is 3.74. The summed E-state index contributed by atoms with van der Waals surface area (Å²) >= 11 is 3.46. The van der Waals surface area contributed by atoms with E-state index in [0.29, 0.717) is 5.69 Å². The number of hydrogen-bond acceptors (Lipinski definition) is 3. The molecular weight excluding hydrogens is 330 g/mol. The molecule has 0 heterocycles. The van der Waals surface area contributed by atoms with Gasteiger partial charge in [0.05, 0.1) is 5.69 Å². The SMILES string of the molecule is C[C@H](CN(C)C)Oc1cc(Br)cc(N)c1C#[N+]CC1CC1. The standard InChI is InChI=1S/C16H22BrN3O/c1-11(10-20(2)3)21-16-7-13(17)6-15(18)14(16)9-19-8-12-4-5-12/h6-7,11-12,18H,4-5,8,10H2,1-3H3/p+1/t11-/m1/s1. The van der Waals surface area contributed by atoms with Crippen LogP contribution in [0.25, 0.3) is 4.85 Å². The maximum atomic E-state index is 6.09. The van der Waals surface area contributed by atoms with Crippen molar-refractivity contribution >= 4 is 21.6 Å². The number of rotatable bonds is 5. The molecule has 1 aromatic rings. The normalized spacial score (nSPS) is 15.5. The predicted molar refractivity (Wildman–Crippen MR) is 91.1 cm³/mol. The van der Waals surface area contributed by atoms with Crippen LogP contribution in [0.3, 0.4) is 0 Å². The van der Waals surface area contributed by atoms with Gasteiger partial charge in [-0.25, -0.2) is 0 Å². The minimum absolute atomic E-state index is 0.0673. The molecule has 0 amide bonds. The molecule has 4 nitrogen and oxygen atoms in total. The fraction of sp³-hybridized carbons (Fsp3) is 0.562. The number of nitrogens with zero attached hydrogens (tertiary/aromatic N) is 2. The summed E-state index contributed by atoms with van der Waals surface area (Å²) in [7, 11) is 4.05. The lowest BCUT2D eigenvalue weighted by atomic mass is 10.1. The first-order valence-electron chi connectivity index (χ1n) is 7.28. The molecule has 1 saturated carbocycles. The van der Waals surface area contributed by atoms with E-state index in [1.165, 1.54) is 12.8 Å². The minimum Gasteiger partial charge on any atom is -0.488 e. The highest BCUT2D eigenvalue weighted by Gasteiger charge is 2.26. The summed E-state index contributed by atoms with van der Waals surface area (Å²) in [5.74, 6) is 1.47. The molecule has 0 saturated heterocycles. The number of hydrogen-bond donors (Lipinski definition) is 1. The zero-order chi connectivity index (χ0) is 15.4. The van der Waals surface area contributed by atoms with E-state index in [1.54, 1.807) is 0 Å². The molecule has 0 aromatic heterocycles. The van der Waals surface area contributed by atoms with Crippen molar-refractivity contribution in [3.8, 4) is 11.8 Å². The average Bonchev–Trinajstić information content (AvgIpc) is 3.15. The van der Waals surface area contributed by atoms with Crippen LogP contribution in [-0.2, 0) is 0 Å². The van der Waals surface area contributed by atoms with Gasteiger partial charge in [-0.1, -0.05) is 20.8 Å². The van der Waals surface area contributed by atoms with Crippen LogP contribution >= 0.6 is 15.9 Å². The van der Waals surface area contributed by atoms with E-state index >= 15 is 0 Å². The van der Waals surface area contributed by atoms with Gasteiger partial charge in [0.25, 0.3) is 6.54 Å². The molecule has 114 valence electrons. The Morgan fingerprint density at radius 1 is 1.48 bits per heavy atom. The van der Waals surface area contributed by atoms with Gasteiger partial charge in [-0.05, 0) is 46.0 Å². The Kier molecular flexibility index (Phi) is 5.49. The van der Waals surface area contributed by atoms with Crippen molar-refractivity contribution < 1.29 is 4.74 Å². The summed E-state index contributed by atoms with van der Waals surface area (Å²) in [6.07, 6.45) is 2.63. The van der Waals surface area contributed by atoms with Crippen molar-refractivity contribution in [2.75, 3.05) is 32.9 Å². The zero-order valence-electron chi connectivity index (χ0n) is 12.9. The van der Waals surface area contributed by atoms with E-state index in [-0.39, 0.29) is 6.10 Å². The van der Waals surface area contributed by atoms with Gasteiger partial charge < -0.3 is 15.4 Å². The molecule has 1 aliphatic carbocycles. The first-order valence-corrected chi connectivity index (χ1v) is 8.08. The second kappa shape index (κ2) is 7.15. The Morgan fingerprint density at radius 2 is 2.19 bits per heavy atom. The van der Waals surface area contributed by atoms with Gasteiger partial charge in [-0.3, -0.25) is 0 Å². The average molecular weight is 353 g/mol. The van der Waals surface area contributed by atoms with E-state index in [0.717, 1.165) is 34.8 Å². The Bertz CT molecular complexity index is 559. The third kappa shape index (κ3) is 5.22. The fourth-order valence-electron chi connectivity index (χ4n) is 2.14. The van der Waals surface area contributed by atoms with Crippen molar-refractivity contribution in [1.82, 2.24) is 4.90 Å². The van der Waals surface area contributed by atoms with Crippen molar-refractivity contribution in [2.45, 2.75) is 25.9 Å². The molecular formula is C16H23BrN3O+. The first kappa shape index (κ1) is 16.1. The van der Waals surface area contributed by atoms with Gasteiger partial charge in [-0.2, -0.15) is 0 Å². The largest absolute Gasteiger partial charge is 0.488 e. The predicted octanol–water partition coefficient (Wildman–Crippen LogP) is 3.45. The molecule has 0 spiro atoms. The van der Waals surface area contributed by atoms with Crippen LogP contribution in [0.4, 0.5) is 5.69 Å². The number of benzene rings is 1. The molecule has 5 heteroatoms. The summed E-state index contributed by atoms with van der Waals surface area (Å²) in [5.41, 5.74) is 7.48. The van der Waals surface area contributed by atoms with Gasteiger partial charge >= 0.3 is 6.07 Å². The van der Waals surface area contributed by atoms with Crippen LogP contribution in [0, 0.1) is 12.0 Å².